The summed E-state index contributed by atoms with van der Waals surface area (Å²) in [6.45, 7) is 4.38. The Morgan fingerprint density at radius 1 is 1.29 bits per heavy atom. The molecule has 0 aliphatic rings. The first-order chi connectivity index (χ1) is 16.5. The van der Waals surface area contributed by atoms with Gasteiger partial charge >= 0.3 is 0 Å². The first-order valence-corrected chi connectivity index (χ1v) is 11.1. The molecule has 0 saturated carbocycles. The third-order valence-electron chi connectivity index (χ3n) is 4.70. The summed E-state index contributed by atoms with van der Waals surface area (Å²) in [6.07, 6.45) is 0.884. The van der Waals surface area contributed by atoms with Crippen LogP contribution in [0.1, 0.15) is 36.3 Å². The smallest absolute Gasteiger partial charge is 0.294 e. The van der Waals surface area contributed by atoms with Crippen molar-refractivity contribution in [3.8, 4) is 27.9 Å². The Balaban J connectivity index is 1.60. The summed E-state index contributed by atoms with van der Waals surface area (Å²) in [4.78, 5) is 13.7. The highest BCUT2D eigenvalue weighted by molar-refractivity contribution is 7.13. The summed E-state index contributed by atoms with van der Waals surface area (Å²) >= 11 is 1.40. The zero-order chi connectivity index (χ0) is 24.1. The van der Waals surface area contributed by atoms with Crippen LogP contribution < -0.4 is 20.6 Å². The van der Waals surface area contributed by atoms with Gasteiger partial charge in [0, 0.05) is 5.56 Å². The molecule has 0 bridgehead atoms. The fourth-order valence-corrected chi connectivity index (χ4v) is 3.79. The summed E-state index contributed by atoms with van der Waals surface area (Å²) < 4.78 is 17.1. The standard InChI is InChI=1S/C21H22N8O4S/c1-4-9-32-14-8-7-13(11-15(14)31-3)12(2)23-25-21(30)17-18(16-6-5-10-34-16)29(28-24-17)20-19(22)26-33-27-20/h5-8,10-11H,4,9H2,1-3H3,(H2,22,26)(H,25,30)/b23-12-. The Morgan fingerprint density at radius 2 is 2.15 bits per heavy atom. The maximum atomic E-state index is 13.0. The van der Waals surface area contributed by atoms with E-state index in [0.717, 1.165) is 16.9 Å². The maximum Gasteiger partial charge on any atom is 0.294 e. The third-order valence-corrected chi connectivity index (χ3v) is 5.58. The van der Waals surface area contributed by atoms with E-state index < -0.39 is 5.91 Å². The number of benzene rings is 1. The van der Waals surface area contributed by atoms with Gasteiger partial charge in [-0.2, -0.15) is 9.78 Å². The minimum Gasteiger partial charge on any atom is -0.493 e. The van der Waals surface area contributed by atoms with Crippen LogP contribution in [0, 0.1) is 0 Å². The Kier molecular flexibility index (Phi) is 6.82. The van der Waals surface area contributed by atoms with Gasteiger partial charge in [0.25, 0.3) is 5.91 Å². The van der Waals surface area contributed by atoms with Crippen molar-refractivity contribution in [1.82, 2.24) is 30.7 Å². The van der Waals surface area contributed by atoms with Crippen LogP contribution in [0.5, 0.6) is 11.5 Å². The molecule has 0 atom stereocenters. The number of anilines is 1. The quantitative estimate of drug-likeness (QED) is 0.270. The predicted molar refractivity (Wildman–Crippen MR) is 125 cm³/mol. The molecule has 1 aromatic carbocycles. The SMILES string of the molecule is CCCOc1ccc(/C(C)=N\NC(=O)c2nnn(-c3nonc3N)c2-c2cccs2)cc1OC. The van der Waals surface area contributed by atoms with E-state index in [-0.39, 0.29) is 17.3 Å². The molecule has 0 fully saturated rings. The lowest BCUT2D eigenvalue weighted by atomic mass is 10.1. The van der Waals surface area contributed by atoms with Crippen molar-refractivity contribution in [3.63, 3.8) is 0 Å². The molecule has 0 spiro atoms. The molecular weight excluding hydrogens is 460 g/mol. The minimum atomic E-state index is -0.557. The van der Waals surface area contributed by atoms with Crippen LogP contribution in [-0.2, 0) is 0 Å². The molecule has 12 nitrogen and oxygen atoms in total. The van der Waals surface area contributed by atoms with Gasteiger partial charge in [0.15, 0.2) is 17.2 Å². The number of hydrogen-bond donors (Lipinski definition) is 2. The number of nitrogens with zero attached hydrogens (tertiary/aromatic N) is 6. The second-order valence-electron chi connectivity index (χ2n) is 7.00. The number of thiophene rings is 1. The molecule has 3 aromatic heterocycles. The van der Waals surface area contributed by atoms with E-state index in [0.29, 0.717) is 29.5 Å². The first-order valence-electron chi connectivity index (χ1n) is 10.3. The largest absolute Gasteiger partial charge is 0.493 e. The Bertz CT molecular complexity index is 1310. The zero-order valence-corrected chi connectivity index (χ0v) is 19.5. The Hall–Kier alpha value is -4.26. The number of nitrogens with one attached hydrogen (secondary N) is 1. The van der Waals surface area contributed by atoms with Crippen molar-refractivity contribution in [3.05, 3.63) is 47.0 Å². The van der Waals surface area contributed by atoms with Crippen molar-refractivity contribution >= 4 is 28.8 Å². The molecule has 1 amide bonds. The molecule has 176 valence electrons. The molecule has 0 saturated heterocycles. The van der Waals surface area contributed by atoms with Crippen LogP contribution in [0.4, 0.5) is 5.82 Å². The molecule has 0 aliphatic carbocycles. The van der Waals surface area contributed by atoms with Gasteiger partial charge in [-0.25, -0.2) is 10.1 Å². The van der Waals surface area contributed by atoms with Crippen molar-refractivity contribution in [2.24, 2.45) is 5.10 Å². The van der Waals surface area contributed by atoms with Crippen LogP contribution in [0.3, 0.4) is 0 Å². The molecule has 13 heteroatoms. The summed E-state index contributed by atoms with van der Waals surface area (Å²) in [5.74, 6) is 0.812. The summed E-state index contributed by atoms with van der Waals surface area (Å²) in [7, 11) is 1.57. The van der Waals surface area contributed by atoms with Crippen LogP contribution in [0.15, 0.2) is 45.4 Å². The van der Waals surface area contributed by atoms with Crippen LogP contribution >= 0.6 is 11.3 Å². The monoisotopic (exact) mass is 482 g/mol. The molecule has 4 aromatic rings. The number of carbonyl (C=O) groups excluding carboxylic acids is 1. The molecular formula is C21H22N8O4S. The van der Waals surface area contributed by atoms with Gasteiger partial charge in [0.2, 0.25) is 11.6 Å². The second kappa shape index (κ2) is 10.1. The fourth-order valence-electron chi connectivity index (χ4n) is 3.03. The first kappa shape index (κ1) is 22.9. The lowest BCUT2D eigenvalue weighted by Gasteiger charge is -2.11. The van der Waals surface area contributed by atoms with E-state index in [2.05, 4.69) is 35.8 Å². The fraction of sp³-hybridized carbons (Fsp3) is 0.238. The number of hydrazone groups is 1. The number of hydrogen-bond acceptors (Lipinski definition) is 11. The second-order valence-corrected chi connectivity index (χ2v) is 7.95. The van der Waals surface area contributed by atoms with Crippen LogP contribution in [-0.4, -0.2) is 50.6 Å². The molecule has 0 radical (unpaired) electrons. The highest BCUT2D eigenvalue weighted by atomic mass is 32.1. The van der Waals surface area contributed by atoms with Crippen LogP contribution in [0.2, 0.25) is 0 Å². The van der Waals surface area contributed by atoms with E-state index in [1.807, 2.05) is 36.6 Å². The number of aromatic nitrogens is 5. The Labute approximate surface area is 198 Å². The van der Waals surface area contributed by atoms with E-state index in [1.54, 1.807) is 20.1 Å². The lowest BCUT2D eigenvalue weighted by molar-refractivity contribution is 0.0950. The number of methoxy groups -OCH3 is 1. The topological polar surface area (TPSA) is 156 Å². The molecule has 34 heavy (non-hydrogen) atoms. The van der Waals surface area contributed by atoms with Gasteiger partial charge in [-0.05, 0) is 53.3 Å². The molecule has 3 N–H and O–H groups in total. The number of rotatable bonds is 9. The average molecular weight is 483 g/mol. The predicted octanol–water partition coefficient (Wildman–Crippen LogP) is 2.91. The van der Waals surface area contributed by atoms with E-state index in [1.165, 1.54) is 16.0 Å². The number of amides is 1. The lowest BCUT2D eigenvalue weighted by Crippen LogP contribution is -2.20. The van der Waals surface area contributed by atoms with Crippen molar-refractivity contribution in [1.29, 1.82) is 0 Å². The van der Waals surface area contributed by atoms with Gasteiger partial charge in [0.1, 0.15) is 5.69 Å². The molecule has 4 rings (SSSR count). The van der Waals surface area contributed by atoms with Gasteiger partial charge in [0.05, 0.1) is 24.3 Å². The summed E-state index contributed by atoms with van der Waals surface area (Å²) in [5.41, 5.74) is 10.1. The number of carbonyl (C=O) groups is 1. The third kappa shape index (κ3) is 4.59. The number of nitrogen functional groups attached to an aromatic ring is 1. The van der Waals surface area contributed by atoms with Gasteiger partial charge in [-0.1, -0.05) is 18.2 Å². The maximum absolute atomic E-state index is 13.0. The van der Waals surface area contributed by atoms with E-state index in [9.17, 15) is 4.79 Å². The molecule has 0 unspecified atom stereocenters. The highest BCUT2D eigenvalue weighted by Crippen LogP contribution is 2.30. The zero-order valence-electron chi connectivity index (χ0n) is 18.7. The van der Waals surface area contributed by atoms with E-state index in [4.69, 9.17) is 15.2 Å². The van der Waals surface area contributed by atoms with Crippen LogP contribution in [0.25, 0.3) is 16.4 Å². The van der Waals surface area contributed by atoms with Crippen molar-refractivity contribution in [2.45, 2.75) is 20.3 Å². The normalized spacial score (nSPS) is 11.4. The van der Waals surface area contributed by atoms with Crippen molar-refractivity contribution in [2.75, 3.05) is 19.5 Å². The summed E-state index contributed by atoms with van der Waals surface area (Å²) in [5, 5.41) is 21.5. The highest BCUT2D eigenvalue weighted by Gasteiger charge is 2.25. The van der Waals surface area contributed by atoms with Crippen molar-refractivity contribution < 1.29 is 18.9 Å². The number of nitrogens with two attached hydrogens (primary N) is 1. The van der Waals surface area contributed by atoms with E-state index >= 15 is 0 Å². The van der Waals surface area contributed by atoms with Gasteiger partial charge in [-0.15, -0.1) is 16.4 Å². The Morgan fingerprint density at radius 3 is 2.82 bits per heavy atom. The van der Waals surface area contributed by atoms with Gasteiger partial charge < -0.3 is 15.2 Å². The molecule has 0 aliphatic heterocycles. The van der Waals surface area contributed by atoms with Gasteiger partial charge in [-0.3, -0.25) is 4.79 Å². The molecule has 3 heterocycles. The number of ether oxygens (including phenoxy) is 2. The summed E-state index contributed by atoms with van der Waals surface area (Å²) in [6, 6.07) is 9.10. The minimum absolute atomic E-state index is 0.0174. The average Bonchev–Trinajstić information content (AvgIpc) is 3.61.